The highest BCUT2D eigenvalue weighted by Crippen LogP contribution is 2.37. The molecule has 0 amide bonds. The molecule has 0 spiro atoms. The van der Waals surface area contributed by atoms with Crippen LogP contribution in [-0.2, 0) is 0 Å². The number of benzene rings is 3. The normalized spacial score (nSPS) is 11.8. The van der Waals surface area contributed by atoms with Crippen molar-refractivity contribution >= 4 is 17.5 Å². The van der Waals surface area contributed by atoms with Gasteiger partial charge in [0.15, 0.2) is 5.78 Å². The maximum Gasteiger partial charge on any atom is 0.180 e. The zero-order valence-corrected chi connectivity index (χ0v) is 12.9. The van der Waals surface area contributed by atoms with E-state index in [1.807, 2.05) is 91.0 Å². The predicted octanol–water partition coefficient (Wildman–Crippen LogP) is 5.40. The van der Waals surface area contributed by atoms with Crippen molar-refractivity contribution in [1.29, 1.82) is 0 Å². The van der Waals surface area contributed by atoms with Crippen LogP contribution in [0.15, 0.2) is 95.9 Å². The van der Waals surface area contributed by atoms with Gasteiger partial charge in [0.05, 0.1) is 5.25 Å². The summed E-state index contributed by atoms with van der Waals surface area (Å²) in [6.07, 6.45) is 0. The predicted molar refractivity (Wildman–Crippen MR) is 92.3 cm³/mol. The first-order chi connectivity index (χ1) is 10.8. The second-order valence-corrected chi connectivity index (χ2v) is 6.13. The summed E-state index contributed by atoms with van der Waals surface area (Å²) in [4.78, 5) is 14.0. The summed E-state index contributed by atoms with van der Waals surface area (Å²) < 4.78 is 0. The quantitative estimate of drug-likeness (QED) is 0.463. The molecule has 22 heavy (non-hydrogen) atoms. The lowest BCUT2D eigenvalue weighted by molar-refractivity contribution is 0.0989. The Labute approximate surface area is 135 Å². The van der Waals surface area contributed by atoms with E-state index in [9.17, 15) is 4.79 Å². The van der Waals surface area contributed by atoms with E-state index in [1.54, 1.807) is 11.8 Å². The van der Waals surface area contributed by atoms with Crippen molar-refractivity contribution < 1.29 is 4.79 Å². The number of hydrogen-bond donors (Lipinski definition) is 0. The minimum atomic E-state index is -0.231. The summed E-state index contributed by atoms with van der Waals surface area (Å²) in [5.74, 6) is 0.139. The van der Waals surface area contributed by atoms with E-state index in [0.717, 1.165) is 16.0 Å². The average molecular weight is 304 g/mol. The van der Waals surface area contributed by atoms with Gasteiger partial charge in [-0.3, -0.25) is 4.79 Å². The molecule has 3 rings (SSSR count). The molecule has 0 bridgehead atoms. The van der Waals surface area contributed by atoms with Gasteiger partial charge in [0.2, 0.25) is 0 Å². The summed E-state index contributed by atoms with van der Waals surface area (Å²) >= 11 is 1.60. The van der Waals surface area contributed by atoms with Crippen LogP contribution in [0.5, 0.6) is 0 Å². The third-order valence-corrected chi connectivity index (χ3v) is 4.66. The van der Waals surface area contributed by atoms with E-state index in [2.05, 4.69) is 0 Å². The molecule has 0 saturated heterocycles. The van der Waals surface area contributed by atoms with Crippen LogP contribution in [0.25, 0.3) is 0 Å². The monoisotopic (exact) mass is 304 g/mol. The highest BCUT2D eigenvalue weighted by atomic mass is 32.2. The van der Waals surface area contributed by atoms with Crippen LogP contribution in [0, 0.1) is 0 Å². The van der Waals surface area contributed by atoms with Crippen LogP contribution in [0.2, 0.25) is 0 Å². The Kier molecular flexibility index (Phi) is 4.71. The second kappa shape index (κ2) is 7.10. The first kappa shape index (κ1) is 14.6. The van der Waals surface area contributed by atoms with Gasteiger partial charge >= 0.3 is 0 Å². The van der Waals surface area contributed by atoms with Crippen LogP contribution >= 0.6 is 11.8 Å². The third kappa shape index (κ3) is 3.46. The molecular weight excluding hydrogens is 288 g/mol. The lowest BCUT2D eigenvalue weighted by atomic mass is 10.0. The lowest BCUT2D eigenvalue weighted by Crippen LogP contribution is -2.09. The van der Waals surface area contributed by atoms with Crippen LogP contribution < -0.4 is 0 Å². The van der Waals surface area contributed by atoms with E-state index in [0.29, 0.717) is 0 Å². The van der Waals surface area contributed by atoms with Crippen molar-refractivity contribution in [2.24, 2.45) is 0 Å². The molecule has 108 valence electrons. The molecule has 0 aliphatic carbocycles. The van der Waals surface area contributed by atoms with Gasteiger partial charge in [-0.1, -0.05) is 78.9 Å². The molecule has 1 nitrogen and oxygen atoms in total. The van der Waals surface area contributed by atoms with E-state index in [1.165, 1.54) is 0 Å². The van der Waals surface area contributed by atoms with Gasteiger partial charge in [-0.05, 0) is 17.7 Å². The maximum atomic E-state index is 12.9. The van der Waals surface area contributed by atoms with Gasteiger partial charge in [0.1, 0.15) is 0 Å². The lowest BCUT2D eigenvalue weighted by Gasteiger charge is -2.16. The topological polar surface area (TPSA) is 17.1 Å². The molecule has 0 unspecified atom stereocenters. The molecule has 0 radical (unpaired) electrons. The molecule has 0 fully saturated rings. The average Bonchev–Trinajstić information content (AvgIpc) is 2.61. The molecule has 0 saturated carbocycles. The van der Waals surface area contributed by atoms with Gasteiger partial charge in [-0.25, -0.2) is 0 Å². The Morgan fingerprint density at radius 1 is 0.682 bits per heavy atom. The van der Waals surface area contributed by atoms with Crippen LogP contribution in [0.3, 0.4) is 0 Å². The second-order valence-electron chi connectivity index (χ2n) is 4.95. The molecule has 0 aromatic heterocycles. The minimum Gasteiger partial charge on any atom is -0.293 e. The summed E-state index contributed by atoms with van der Waals surface area (Å²) in [6.45, 7) is 0. The van der Waals surface area contributed by atoms with Crippen LogP contribution in [-0.4, -0.2) is 5.78 Å². The van der Waals surface area contributed by atoms with Crippen molar-refractivity contribution in [3.63, 3.8) is 0 Å². The number of thioether (sulfide) groups is 1. The first-order valence-electron chi connectivity index (χ1n) is 7.20. The van der Waals surface area contributed by atoms with E-state index >= 15 is 0 Å². The molecule has 0 heterocycles. The Bertz CT molecular complexity index is 723. The van der Waals surface area contributed by atoms with Crippen molar-refractivity contribution in [3.8, 4) is 0 Å². The molecule has 0 aliphatic heterocycles. The van der Waals surface area contributed by atoms with E-state index in [-0.39, 0.29) is 11.0 Å². The SMILES string of the molecule is O=C(c1ccccc1)[C@H](Sc1ccccc1)c1ccccc1. The Morgan fingerprint density at radius 3 is 1.77 bits per heavy atom. The Balaban J connectivity index is 1.95. The van der Waals surface area contributed by atoms with Gasteiger partial charge in [-0.2, -0.15) is 0 Å². The van der Waals surface area contributed by atoms with E-state index in [4.69, 9.17) is 0 Å². The maximum absolute atomic E-state index is 12.9. The third-order valence-electron chi connectivity index (χ3n) is 3.40. The molecule has 0 aliphatic rings. The standard InChI is InChI=1S/C20H16OS/c21-19(16-10-4-1-5-11-16)20(17-12-6-2-7-13-17)22-18-14-8-3-9-15-18/h1-15,20H/t20-/m1/s1. The van der Waals surface area contributed by atoms with Gasteiger partial charge in [0, 0.05) is 10.5 Å². The number of ketones is 1. The molecular formula is C20H16OS. The number of carbonyl (C=O) groups excluding carboxylic acids is 1. The summed E-state index contributed by atoms with van der Waals surface area (Å²) in [7, 11) is 0. The van der Waals surface area contributed by atoms with Crippen LogP contribution in [0.1, 0.15) is 21.2 Å². The highest BCUT2D eigenvalue weighted by molar-refractivity contribution is 8.00. The number of rotatable bonds is 5. The summed E-state index contributed by atoms with van der Waals surface area (Å²) in [5.41, 5.74) is 1.78. The number of Topliss-reactive ketones (excluding diaryl/α,β-unsaturated/α-hetero) is 1. The fourth-order valence-electron chi connectivity index (χ4n) is 2.29. The summed E-state index contributed by atoms with van der Waals surface area (Å²) in [5, 5.41) is -0.231. The molecule has 1 atom stereocenters. The van der Waals surface area contributed by atoms with Crippen molar-refractivity contribution in [2.45, 2.75) is 10.1 Å². The summed E-state index contributed by atoms with van der Waals surface area (Å²) in [6, 6.07) is 29.5. The molecule has 0 N–H and O–H groups in total. The van der Waals surface area contributed by atoms with Gasteiger partial charge in [0.25, 0.3) is 0 Å². The van der Waals surface area contributed by atoms with Crippen molar-refractivity contribution in [3.05, 3.63) is 102 Å². The fourth-order valence-corrected chi connectivity index (χ4v) is 3.41. The zero-order valence-electron chi connectivity index (χ0n) is 12.1. The zero-order chi connectivity index (χ0) is 15.2. The number of carbonyl (C=O) groups is 1. The molecule has 2 heteroatoms. The largest absolute Gasteiger partial charge is 0.293 e. The van der Waals surface area contributed by atoms with E-state index < -0.39 is 0 Å². The fraction of sp³-hybridized carbons (Fsp3) is 0.0500. The van der Waals surface area contributed by atoms with Crippen molar-refractivity contribution in [1.82, 2.24) is 0 Å². The first-order valence-corrected chi connectivity index (χ1v) is 8.08. The highest BCUT2D eigenvalue weighted by Gasteiger charge is 2.22. The van der Waals surface area contributed by atoms with Crippen LogP contribution in [0.4, 0.5) is 0 Å². The Hall–Kier alpha value is -2.32. The minimum absolute atomic E-state index is 0.139. The van der Waals surface area contributed by atoms with Gasteiger partial charge < -0.3 is 0 Å². The van der Waals surface area contributed by atoms with Crippen molar-refractivity contribution in [2.75, 3.05) is 0 Å². The number of hydrogen-bond acceptors (Lipinski definition) is 2. The molecule has 3 aromatic rings. The van der Waals surface area contributed by atoms with Gasteiger partial charge in [-0.15, -0.1) is 11.8 Å². The Morgan fingerprint density at radius 2 is 1.18 bits per heavy atom. The molecule has 3 aromatic carbocycles. The smallest absolute Gasteiger partial charge is 0.180 e.